The maximum absolute atomic E-state index is 13.6. The number of aryl methyl sites for hydroxylation is 1. The van der Waals surface area contributed by atoms with Crippen molar-refractivity contribution in [3.63, 3.8) is 0 Å². The number of aliphatic hydroxyl groups is 1. The molecule has 0 bridgehead atoms. The normalized spacial score (nSPS) is 16.6. The zero-order valence-electron chi connectivity index (χ0n) is 22.1. The first-order valence-corrected chi connectivity index (χ1v) is 12.3. The minimum absolute atomic E-state index is 0.0121. The molecule has 0 aliphatic carbocycles. The Morgan fingerprint density at radius 1 is 1.26 bits per heavy atom. The second kappa shape index (κ2) is 11.5. The molecule has 3 heterocycles. The number of alkyl halides is 3. The molecule has 3 rings (SSSR count). The minimum Gasteiger partial charge on any atom is -0.444 e. The zero-order valence-corrected chi connectivity index (χ0v) is 22.1. The molecule has 0 saturated heterocycles. The predicted molar refractivity (Wildman–Crippen MR) is 133 cm³/mol. The summed E-state index contributed by atoms with van der Waals surface area (Å²) >= 11 is 0. The fraction of sp³-hybridized carbons (Fsp3) is 0.538. The lowest BCUT2D eigenvalue weighted by Crippen LogP contribution is -2.40. The SMILES string of the molecule is C[C@@H](/C=C\[C@H](CC(O)c1ccnn1C)C(=O)N1CCc2ncc(C(F)(F)F)cc2C1)NC(=O)OC(C)(C)C. The predicted octanol–water partition coefficient (Wildman–Crippen LogP) is 3.93. The molecule has 38 heavy (non-hydrogen) atoms. The fourth-order valence-electron chi connectivity index (χ4n) is 4.18. The lowest BCUT2D eigenvalue weighted by molar-refractivity contribution is -0.138. The van der Waals surface area contributed by atoms with Crippen molar-refractivity contribution in [3.05, 3.63) is 59.2 Å². The second-order valence-electron chi connectivity index (χ2n) is 10.4. The number of rotatable bonds is 7. The number of aromatic nitrogens is 3. The molecule has 2 aromatic heterocycles. The van der Waals surface area contributed by atoms with Gasteiger partial charge < -0.3 is 20.1 Å². The van der Waals surface area contributed by atoms with Gasteiger partial charge in [-0.3, -0.25) is 14.5 Å². The van der Waals surface area contributed by atoms with Crippen molar-refractivity contribution >= 4 is 12.0 Å². The van der Waals surface area contributed by atoms with E-state index in [-0.39, 0.29) is 25.4 Å². The molecule has 2 amide bonds. The topological polar surface area (TPSA) is 110 Å². The number of alkyl carbamates (subject to hydrolysis) is 1. The summed E-state index contributed by atoms with van der Waals surface area (Å²) in [4.78, 5) is 31.1. The first-order chi connectivity index (χ1) is 17.6. The van der Waals surface area contributed by atoms with Gasteiger partial charge in [0, 0.05) is 50.7 Å². The molecular formula is C26H34F3N5O4. The number of amides is 2. The van der Waals surface area contributed by atoms with Gasteiger partial charge in [-0.05, 0) is 51.8 Å². The maximum Gasteiger partial charge on any atom is 0.417 e. The zero-order chi connectivity index (χ0) is 28.3. The molecule has 0 spiro atoms. The van der Waals surface area contributed by atoms with E-state index in [1.54, 1.807) is 53.0 Å². The molecule has 9 nitrogen and oxygen atoms in total. The largest absolute Gasteiger partial charge is 0.444 e. The average molecular weight is 538 g/mol. The Morgan fingerprint density at radius 2 is 1.97 bits per heavy atom. The van der Waals surface area contributed by atoms with Crippen LogP contribution in [0.15, 0.2) is 36.7 Å². The number of fused-ring (bicyclic) bond motifs is 1. The van der Waals surface area contributed by atoms with Crippen molar-refractivity contribution in [2.75, 3.05) is 6.54 Å². The summed E-state index contributed by atoms with van der Waals surface area (Å²) in [6, 6.07) is 2.18. The Morgan fingerprint density at radius 3 is 2.58 bits per heavy atom. The van der Waals surface area contributed by atoms with E-state index in [1.807, 2.05) is 0 Å². The van der Waals surface area contributed by atoms with Gasteiger partial charge in [-0.1, -0.05) is 12.2 Å². The highest BCUT2D eigenvalue weighted by atomic mass is 19.4. The van der Waals surface area contributed by atoms with Gasteiger partial charge in [0.05, 0.1) is 23.3 Å². The van der Waals surface area contributed by atoms with Crippen molar-refractivity contribution in [1.29, 1.82) is 0 Å². The van der Waals surface area contributed by atoms with Gasteiger partial charge in [0.2, 0.25) is 5.91 Å². The standard InChI is InChI=1S/C26H34F3N5O4/c1-16(32-24(37)38-25(2,3)4)6-7-17(13-22(35)21-8-10-31-33(21)5)23(36)34-11-9-20-18(15-34)12-19(14-30-20)26(27,28)29/h6-8,10,12,14,16-17,22,35H,9,11,13,15H2,1-5H3,(H,32,37)/b7-6-/t16-,17+,22?/m0/s1. The fourth-order valence-corrected chi connectivity index (χ4v) is 4.18. The van der Waals surface area contributed by atoms with Crippen LogP contribution < -0.4 is 5.32 Å². The molecule has 1 unspecified atom stereocenters. The van der Waals surface area contributed by atoms with E-state index in [4.69, 9.17) is 4.74 Å². The van der Waals surface area contributed by atoms with Crippen molar-refractivity contribution in [3.8, 4) is 0 Å². The molecule has 0 radical (unpaired) electrons. The summed E-state index contributed by atoms with van der Waals surface area (Å²) < 4.78 is 46.4. The van der Waals surface area contributed by atoms with Gasteiger partial charge in [0.15, 0.2) is 0 Å². The second-order valence-corrected chi connectivity index (χ2v) is 10.4. The Kier molecular flexibility index (Phi) is 8.86. The van der Waals surface area contributed by atoms with Crippen molar-refractivity contribution in [1.82, 2.24) is 25.0 Å². The van der Waals surface area contributed by atoms with Crippen molar-refractivity contribution in [2.24, 2.45) is 13.0 Å². The third-order valence-corrected chi connectivity index (χ3v) is 6.05. The molecule has 2 aromatic rings. The van der Waals surface area contributed by atoms with Crippen molar-refractivity contribution < 1.29 is 32.6 Å². The summed E-state index contributed by atoms with van der Waals surface area (Å²) in [5, 5.41) is 17.6. The third kappa shape index (κ3) is 7.80. The van der Waals surface area contributed by atoms with Crippen LogP contribution in [0.5, 0.6) is 0 Å². The van der Waals surface area contributed by atoms with Gasteiger partial charge in [0.1, 0.15) is 5.60 Å². The van der Waals surface area contributed by atoms with Crippen LogP contribution in [0.4, 0.5) is 18.0 Å². The van der Waals surface area contributed by atoms with Crippen molar-refractivity contribution in [2.45, 2.75) is 71.0 Å². The molecular weight excluding hydrogens is 503 g/mol. The van der Waals surface area contributed by atoms with Crippen LogP contribution in [0.2, 0.25) is 0 Å². The number of aliphatic hydroxyl groups excluding tert-OH is 1. The molecule has 0 aromatic carbocycles. The Balaban J connectivity index is 1.79. The highest BCUT2D eigenvalue weighted by molar-refractivity contribution is 5.81. The summed E-state index contributed by atoms with van der Waals surface area (Å²) in [6.07, 6.45) is -0.276. The summed E-state index contributed by atoms with van der Waals surface area (Å²) in [5.74, 6) is -1.17. The summed E-state index contributed by atoms with van der Waals surface area (Å²) in [6.45, 7) is 7.19. The number of ether oxygens (including phenoxy) is 1. The van der Waals surface area contributed by atoms with Crippen LogP contribution in [-0.2, 0) is 35.7 Å². The van der Waals surface area contributed by atoms with Crippen LogP contribution in [-0.4, -0.2) is 55.0 Å². The van der Waals surface area contributed by atoms with Gasteiger partial charge in [-0.25, -0.2) is 4.79 Å². The first-order valence-electron chi connectivity index (χ1n) is 12.3. The smallest absolute Gasteiger partial charge is 0.417 e. The lowest BCUT2D eigenvalue weighted by atomic mass is 9.95. The summed E-state index contributed by atoms with van der Waals surface area (Å²) in [5.41, 5.74) is -0.159. The van der Waals surface area contributed by atoms with Crippen LogP contribution >= 0.6 is 0 Å². The molecule has 1 aliphatic rings. The number of carbonyl (C=O) groups is 2. The van der Waals surface area contributed by atoms with Crippen LogP contribution in [0.3, 0.4) is 0 Å². The number of nitrogens with one attached hydrogen (secondary N) is 1. The maximum atomic E-state index is 13.6. The summed E-state index contributed by atoms with van der Waals surface area (Å²) in [7, 11) is 1.67. The van der Waals surface area contributed by atoms with Crippen LogP contribution in [0.1, 0.15) is 62.7 Å². The molecule has 1 aliphatic heterocycles. The first kappa shape index (κ1) is 29.2. The van der Waals surface area contributed by atoms with E-state index in [9.17, 15) is 27.9 Å². The lowest BCUT2D eigenvalue weighted by Gasteiger charge is -2.31. The van der Waals surface area contributed by atoms with Crippen LogP contribution in [0, 0.1) is 5.92 Å². The number of hydrogen-bond donors (Lipinski definition) is 2. The van der Waals surface area contributed by atoms with E-state index >= 15 is 0 Å². The average Bonchev–Trinajstić information content (AvgIpc) is 3.24. The van der Waals surface area contributed by atoms with Crippen LogP contribution in [0.25, 0.3) is 0 Å². The number of halogens is 3. The number of hydrogen-bond acceptors (Lipinski definition) is 6. The third-order valence-electron chi connectivity index (χ3n) is 6.05. The number of carbonyl (C=O) groups excluding carboxylic acids is 2. The molecule has 12 heteroatoms. The van der Waals surface area contributed by atoms with E-state index < -0.39 is 41.5 Å². The van der Waals surface area contributed by atoms with E-state index in [0.29, 0.717) is 23.4 Å². The van der Waals surface area contributed by atoms with E-state index in [0.717, 1.165) is 12.3 Å². The molecule has 0 saturated carbocycles. The van der Waals surface area contributed by atoms with Gasteiger partial charge in [0.25, 0.3) is 0 Å². The van der Waals surface area contributed by atoms with E-state index in [1.165, 1.54) is 15.8 Å². The Bertz CT molecular complexity index is 1170. The number of nitrogens with zero attached hydrogens (tertiary/aromatic N) is 4. The number of pyridine rings is 1. The Labute approximate surface area is 219 Å². The highest BCUT2D eigenvalue weighted by Gasteiger charge is 2.34. The van der Waals surface area contributed by atoms with Gasteiger partial charge in [-0.2, -0.15) is 18.3 Å². The van der Waals surface area contributed by atoms with Gasteiger partial charge >= 0.3 is 12.3 Å². The molecule has 3 atom stereocenters. The monoisotopic (exact) mass is 537 g/mol. The molecule has 0 fully saturated rings. The minimum atomic E-state index is -4.54. The quantitative estimate of drug-likeness (QED) is 0.518. The Hall–Kier alpha value is -3.41. The van der Waals surface area contributed by atoms with Gasteiger partial charge in [-0.15, -0.1) is 0 Å². The highest BCUT2D eigenvalue weighted by Crippen LogP contribution is 2.32. The molecule has 2 N–H and O–H groups in total. The molecule has 208 valence electrons. The van der Waals surface area contributed by atoms with E-state index in [2.05, 4.69) is 15.4 Å².